The lowest BCUT2D eigenvalue weighted by Gasteiger charge is -2.23. The number of primary amides is 1. The summed E-state index contributed by atoms with van der Waals surface area (Å²) in [5.74, 6) is -0.664. The molecule has 104 valence electrons. The van der Waals surface area contributed by atoms with Crippen LogP contribution < -0.4 is 5.73 Å². The Morgan fingerprint density at radius 2 is 2.00 bits per heavy atom. The van der Waals surface area contributed by atoms with Gasteiger partial charge in [-0.05, 0) is 36.5 Å². The maximum atomic E-state index is 13.2. The molecule has 0 radical (unpaired) electrons. The first-order valence-electron chi connectivity index (χ1n) is 6.32. The minimum absolute atomic E-state index is 0.0927. The molecule has 2 N–H and O–H groups in total. The number of carbonyl (C=O) groups is 1. The van der Waals surface area contributed by atoms with Gasteiger partial charge in [0.2, 0.25) is 5.91 Å². The Morgan fingerprint density at radius 1 is 1.37 bits per heavy atom. The normalized spacial score (nSPS) is 17.3. The third kappa shape index (κ3) is 2.22. The van der Waals surface area contributed by atoms with Crippen molar-refractivity contribution >= 4 is 5.91 Å². The Morgan fingerprint density at radius 3 is 2.42 bits per heavy atom. The number of hydrogen-bond acceptors (Lipinski definition) is 1. The summed E-state index contributed by atoms with van der Waals surface area (Å²) in [5.41, 5.74) is 4.42. The lowest BCUT2D eigenvalue weighted by Crippen LogP contribution is -2.30. The highest BCUT2D eigenvalue weighted by Gasteiger charge is 2.64. The standard InChI is InChI=1S/C14H16F3NO/c1-2-4-9-10(12(18)19)5-3-6-11(9)13(7-8-13)14(15,16)17/h3,5-6H,2,4,7-8H2,1H3,(H2,18,19). The van der Waals surface area contributed by atoms with E-state index in [1.54, 1.807) is 0 Å². The summed E-state index contributed by atoms with van der Waals surface area (Å²) in [6.07, 6.45) is -2.98. The van der Waals surface area contributed by atoms with E-state index in [2.05, 4.69) is 0 Å². The van der Waals surface area contributed by atoms with E-state index in [0.29, 0.717) is 18.4 Å². The number of rotatable bonds is 4. The summed E-state index contributed by atoms with van der Waals surface area (Å²) in [6.45, 7) is 1.87. The summed E-state index contributed by atoms with van der Waals surface area (Å²) in [7, 11) is 0. The van der Waals surface area contributed by atoms with Crippen LogP contribution in [0.1, 0.15) is 47.7 Å². The van der Waals surface area contributed by atoms with Crippen molar-refractivity contribution in [2.45, 2.75) is 44.2 Å². The van der Waals surface area contributed by atoms with Crippen molar-refractivity contribution < 1.29 is 18.0 Å². The summed E-state index contributed by atoms with van der Waals surface area (Å²) >= 11 is 0. The van der Waals surface area contributed by atoms with Gasteiger partial charge in [-0.3, -0.25) is 4.79 Å². The molecule has 1 saturated carbocycles. The second-order valence-electron chi connectivity index (χ2n) is 5.03. The van der Waals surface area contributed by atoms with Crippen molar-refractivity contribution in [2.24, 2.45) is 5.73 Å². The number of benzene rings is 1. The summed E-state index contributed by atoms with van der Waals surface area (Å²) in [5, 5.41) is 0. The Bertz CT molecular complexity index is 504. The quantitative estimate of drug-likeness (QED) is 0.896. The van der Waals surface area contributed by atoms with Crippen molar-refractivity contribution in [3.63, 3.8) is 0 Å². The molecule has 0 aliphatic heterocycles. The van der Waals surface area contributed by atoms with Gasteiger partial charge in [-0.1, -0.05) is 25.5 Å². The molecule has 19 heavy (non-hydrogen) atoms. The van der Waals surface area contributed by atoms with Gasteiger partial charge in [-0.2, -0.15) is 13.2 Å². The van der Waals surface area contributed by atoms with E-state index in [0.717, 1.165) is 0 Å². The molecule has 1 aliphatic rings. The molecule has 2 rings (SSSR count). The lowest BCUT2D eigenvalue weighted by molar-refractivity contribution is -0.160. The molecule has 0 bridgehead atoms. The average Bonchev–Trinajstić information content (AvgIpc) is 3.09. The molecule has 2 nitrogen and oxygen atoms in total. The zero-order chi connectivity index (χ0) is 14.3. The van der Waals surface area contributed by atoms with E-state index in [1.165, 1.54) is 18.2 Å². The van der Waals surface area contributed by atoms with Crippen LogP contribution in [0, 0.1) is 0 Å². The molecule has 1 aromatic carbocycles. The molecule has 0 saturated heterocycles. The predicted octanol–water partition coefficient (Wildman–Crippen LogP) is 3.33. The van der Waals surface area contributed by atoms with E-state index < -0.39 is 17.5 Å². The molecule has 1 fully saturated rings. The molecule has 0 unspecified atom stereocenters. The van der Waals surface area contributed by atoms with Gasteiger partial charge in [0, 0.05) is 5.56 Å². The van der Waals surface area contributed by atoms with E-state index in [4.69, 9.17) is 5.73 Å². The summed E-state index contributed by atoms with van der Waals surface area (Å²) in [6, 6.07) is 4.47. The second kappa shape index (κ2) is 4.54. The zero-order valence-electron chi connectivity index (χ0n) is 10.7. The highest BCUT2D eigenvalue weighted by atomic mass is 19.4. The topological polar surface area (TPSA) is 43.1 Å². The number of hydrogen-bond donors (Lipinski definition) is 1. The van der Waals surface area contributed by atoms with Gasteiger partial charge >= 0.3 is 6.18 Å². The van der Waals surface area contributed by atoms with E-state index in [9.17, 15) is 18.0 Å². The molecule has 0 atom stereocenters. The largest absolute Gasteiger partial charge is 0.398 e. The minimum atomic E-state index is -4.27. The Balaban J connectivity index is 2.58. The van der Waals surface area contributed by atoms with Crippen LogP contribution in [0.2, 0.25) is 0 Å². The zero-order valence-corrected chi connectivity index (χ0v) is 10.7. The lowest BCUT2D eigenvalue weighted by atomic mass is 9.86. The predicted molar refractivity (Wildman–Crippen MR) is 65.9 cm³/mol. The molecule has 1 aromatic rings. The molecule has 0 heterocycles. The van der Waals surface area contributed by atoms with E-state index in [1.807, 2.05) is 6.92 Å². The third-order valence-electron chi connectivity index (χ3n) is 3.75. The van der Waals surface area contributed by atoms with Crippen molar-refractivity contribution in [3.8, 4) is 0 Å². The van der Waals surface area contributed by atoms with Gasteiger partial charge in [0.15, 0.2) is 0 Å². The fraction of sp³-hybridized carbons (Fsp3) is 0.500. The average molecular weight is 271 g/mol. The van der Waals surface area contributed by atoms with Crippen molar-refractivity contribution in [3.05, 3.63) is 34.9 Å². The Kier molecular flexibility index (Phi) is 3.32. The molecule has 0 spiro atoms. The third-order valence-corrected chi connectivity index (χ3v) is 3.75. The van der Waals surface area contributed by atoms with Gasteiger partial charge in [0.05, 0.1) is 5.41 Å². The molecule has 0 aromatic heterocycles. The number of halogens is 3. The Labute approximate surface area is 109 Å². The number of carbonyl (C=O) groups excluding carboxylic acids is 1. The number of nitrogens with two attached hydrogens (primary N) is 1. The van der Waals surface area contributed by atoms with Crippen LogP contribution in [-0.2, 0) is 11.8 Å². The van der Waals surface area contributed by atoms with Crippen molar-refractivity contribution in [1.82, 2.24) is 0 Å². The van der Waals surface area contributed by atoms with Crippen LogP contribution >= 0.6 is 0 Å². The van der Waals surface area contributed by atoms with Crippen LogP contribution in [0.25, 0.3) is 0 Å². The van der Waals surface area contributed by atoms with E-state index >= 15 is 0 Å². The fourth-order valence-electron chi connectivity index (χ4n) is 2.62. The van der Waals surface area contributed by atoms with Crippen molar-refractivity contribution in [2.75, 3.05) is 0 Å². The first-order valence-corrected chi connectivity index (χ1v) is 6.32. The first-order chi connectivity index (χ1) is 8.83. The Hall–Kier alpha value is -1.52. The summed E-state index contributed by atoms with van der Waals surface area (Å²) < 4.78 is 39.7. The van der Waals surface area contributed by atoms with Gasteiger partial charge in [0.1, 0.15) is 0 Å². The monoisotopic (exact) mass is 271 g/mol. The second-order valence-corrected chi connectivity index (χ2v) is 5.03. The van der Waals surface area contributed by atoms with Crippen LogP contribution in [0.4, 0.5) is 13.2 Å². The van der Waals surface area contributed by atoms with Crippen LogP contribution in [0.3, 0.4) is 0 Å². The van der Waals surface area contributed by atoms with Gasteiger partial charge in [0.25, 0.3) is 0 Å². The van der Waals surface area contributed by atoms with Crippen molar-refractivity contribution in [1.29, 1.82) is 0 Å². The highest BCUT2D eigenvalue weighted by molar-refractivity contribution is 5.94. The molecule has 5 heteroatoms. The first kappa shape index (κ1) is 13.9. The van der Waals surface area contributed by atoms with Crippen LogP contribution in [0.5, 0.6) is 0 Å². The number of amides is 1. The molecule has 1 amide bonds. The van der Waals surface area contributed by atoms with Gasteiger partial charge in [-0.15, -0.1) is 0 Å². The van der Waals surface area contributed by atoms with Gasteiger partial charge < -0.3 is 5.73 Å². The fourth-order valence-corrected chi connectivity index (χ4v) is 2.62. The van der Waals surface area contributed by atoms with Crippen LogP contribution in [0.15, 0.2) is 18.2 Å². The van der Waals surface area contributed by atoms with Crippen LogP contribution in [-0.4, -0.2) is 12.1 Å². The maximum absolute atomic E-state index is 13.2. The molecular formula is C14H16F3NO. The molecular weight excluding hydrogens is 255 g/mol. The minimum Gasteiger partial charge on any atom is -0.366 e. The number of alkyl halides is 3. The smallest absolute Gasteiger partial charge is 0.366 e. The van der Waals surface area contributed by atoms with E-state index in [-0.39, 0.29) is 24.0 Å². The SMILES string of the molecule is CCCc1c(C(N)=O)cccc1C1(C(F)(F)F)CC1. The highest BCUT2D eigenvalue weighted by Crippen LogP contribution is 2.59. The maximum Gasteiger partial charge on any atom is 0.398 e. The van der Waals surface area contributed by atoms with Gasteiger partial charge in [-0.25, -0.2) is 0 Å². The summed E-state index contributed by atoms with van der Waals surface area (Å²) in [4.78, 5) is 11.4. The molecule has 1 aliphatic carbocycles.